The Bertz CT molecular complexity index is 687. The van der Waals surface area contributed by atoms with Gasteiger partial charge in [-0.1, -0.05) is 19.9 Å². The Hall–Kier alpha value is -1.99. The number of guanidine groups is 1. The molecule has 1 atom stereocenters. The molecule has 1 aromatic rings. The molecule has 0 bridgehead atoms. The lowest BCUT2D eigenvalue weighted by molar-refractivity contribution is 0.0925. The number of ether oxygens (including phenoxy) is 2. The number of nitrogens with one attached hydrogen (secondary N) is 2. The van der Waals surface area contributed by atoms with Crippen molar-refractivity contribution in [3.8, 4) is 11.5 Å². The lowest BCUT2D eigenvalue weighted by Crippen LogP contribution is -2.52. The van der Waals surface area contributed by atoms with Gasteiger partial charge in [-0.15, -0.1) is 0 Å². The molecule has 1 aliphatic heterocycles. The van der Waals surface area contributed by atoms with Crippen molar-refractivity contribution in [3.63, 3.8) is 0 Å². The number of aryl methyl sites for hydroxylation is 1. The van der Waals surface area contributed by atoms with Crippen molar-refractivity contribution >= 4 is 5.96 Å². The Morgan fingerprint density at radius 1 is 1.09 bits per heavy atom. The maximum absolute atomic E-state index is 5.70. The van der Waals surface area contributed by atoms with E-state index in [1.54, 1.807) is 7.11 Å². The Kier molecular flexibility index (Phi) is 11.7. The second-order valence-electron chi connectivity index (χ2n) is 8.82. The number of hydrogen-bond donors (Lipinski definition) is 2. The number of methoxy groups -OCH3 is 1. The average molecular weight is 448 g/mol. The van der Waals surface area contributed by atoms with Crippen LogP contribution in [0.25, 0.3) is 0 Å². The van der Waals surface area contributed by atoms with Gasteiger partial charge in [-0.05, 0) is 57.4 Å². The van der Waals surface area contributed by atoms with E-state index in [1.807, 2.05) is 13.0 Å². The van der Waals surface area contributed by atoms with Crippen LogP contribution in [-0.4, -0.2) is 88.4 Å². The highest BCUT2D eigenvalue weighted by molar-refractivity contribution is 5.79. The van der Waals surface area contributed by atoms with E-state index in [0.29, 0.717) is 18.6 Å². The van der Waals surface area contributed by atoms with Gasteiger partial charge in [0, 0.05) is 45.3 Å². The van der Waals surface area contributed by atoms with Gasteiger partial charge in [0.1, 0.15) is 0 Å². The number of piperazine rings is 1. The third kappa shape index (κ3) is 8.51. The molecular weight excluding hydrogens is 402 g/mol. The summed E-state index contributed by atoms with van der Waals surface area (Å²) in [4.78, 5) is 9.95. The number of aliphatic imine (C=N–C) groups is 1. The summed E-state index contributed by atoms with van der Waals surface area (Å²) in [7, 11) is 3.88. The van der Waals surface area contributed by atoms with Gasteiger partial charge < -0.3 is 25.0 Å². The molecule has 1 aliphatic rings. The fourth-order valence-electron chi connectivity index (χ4n) is 4.07. The number of likely N-dealkylation sites (N-methyl/N-ethyl adjacent to an activating group) is 1. The summed E-state index contributed by atoms with van der Waals surface area (Å²) in [5.41, 5.74) is 1.26. The van der Waals surface area contributed by atoms with Crippen molar-refractivity contribution in [3.05, 3.63) is 23.8 Å². The van der Waals surface area contributed by atoms with Crippen molar-refractivity contribution in [2.75, 3.05) is 66.6 Å². The van der Waals surface area contributed by atoms with E-state index < -0.39 is 0 Å². The summed E-state index contributed by atoms with van der Waals surface area (Å²) in [5.74, 6) is 3.10. The third-order valence-electron chi connectivity index (χ3n) is 6.02. The smallest absolute Gasteiger partial charge is 0.191 e. The van der Waals surface area contributed by atoms with Crippen molar-refractivity contribution in [1.29, 1.82) is 0 Å². The summed E-state index contributed by atoms with van der Waals surface area (Å²) in [6.07, 6.45) is 2.00. The summed E-state index contributed by atoms with van der Waals surface area (Å²) >= 11 is 0. The zero-order valence-corrected chi connectivity index (χ0v) is 21.1. The van der Waals surface area contributed by atoms with Crippen LogP contribution >= 0.6 is 0 Å². The molecule has 2 rings (SSSR count). The quantitative estimate of drug-likeness (QED) is 0.292. The van der Waals surface area contributed by atoms with Crippen LogP contribution in [0.2, 0.25) is 0 Å². The highest BCUT2D eigenvalue weighted by Crippen LogP contribution is 2.28. The zero-order valence-electron chi connectivity index (χ0n) is 21.1. The van der Waals surface area contributed by atoms with E-state index in [2.05, 4.69) is 60.4 Å². The molecule has 0 aliphatic carbocycles. The lowest BCUT2D eigenvalue weighted by Gasteiger charge is -2.39. The van der Waals surface area contributed by atoms with Gasteiger partial charge in [0.25, 0.3) is 0 Å². The number of nitrogens with zero attached hydrogens (tertiary/aromatic N) is 3. The average Bonchev–Trinajstić information content (AvgIpc) is 2.78. The maximum atomic E-state index is 5.70. The minimum Gasteiger partial charge on any atom is -0.493 e. The van der Waals surface area contributed by atoms with E-state index >= 15 is 0 Å². The third-order valence-corrected chi connectivity index (χ3v) is 6.02. The molecule has 7 nitrogen and oxygen atoms in total. The molecule has 0 saturated carbocycles. The molecule has 0 spiro atoms. The predicted octanol–water partition coefficient (Wildman–Crippen LogP) is 2.85. The molecule has 7 heteroatoms. The summed E-state index contributed by atoms with van der Waals surface area (Å²) in [6, 6.07) is 6.67. The zero-order chi connectivity index (χ0) is 23.3. The van der Waals surface area contributed by atoms with Crippen LogP contribution in [0.4, 0.5) is 0 Å². The first-order valence-corrected chi connectivity index (χ1v) is 12.2. The van der Waals surface area contributed by atoms with E-state index in [4.69, 9.17) is 14.5 Å². The highest BCUT2D eigenvalue weighted by Gasteiger charge is 2.24. The van der Waals surface area contributed by atoms with Crippen LogP contribution in [0, 0.1) is 5.92 Å². The SMILES string of the molecule is CCNC(=NCC(C(C)C)N1CCN(C)CC1)NCCCc1ccc(OC)c(OCC)c1. The Balaban J connectivity index is 1.87. The largest absolute Gasteiger partial charge is 0.493 e. The molecule has 1 heterocycles. The van der Waals surface area contributed by atoms with E-state index in [1.165, 1.54) is 5.56 Å². The summed E-state index contributed by atoms with van der Waals surface area (Å²) in [6.45, 7) is 16.5. The molecule has 182 valence electrons. The van der Waals surface area contributed by atoms with Gasteiger partial charge in [0.15, 0.2) is 17.5 Å². The van der Waals surface area contributed by atoms with Crippen LogP contribution in [0.1, 0.15) is 39.7 Å². The molecule has 1 aromatic carbocycles. The van der Waals surface area contributed by atoms with Crippen LogP contribution < -0.4 is 20.1 Å². The van der Waals surface area contributed by atoms with Gasteiger partial charge in [0.05, 0.1) is 20.3 Å². The summed E-state index contributed by atoms with van der Waals surface area (Å²) in [5, 5.41) is 6.92. The molecule has 1 unspecified atom stereocenters. The Morgan fingerprint density at radius 2 is 1.84 bits per heavy atom. The topological polar surface area (TPSA) is 61.4 Å². The first-order chi connectivity index (χ1) is 15.5. The monoisotopic (exact) mass is 447 g/mol. The first-order valence-electron chi connectivity index (χ1n) is 12.2. The van der Waals surface area contributed by atoms with Gasteiger partial charge >= 0.3 is 0 Å². The fourth-order valence-corrected chi connectivity index (χ4v) is 4.07. The van der Waals surface area contributed by atoms with Crippen molar-refractivity contribution in [2.45, 2.75) is 46.6 Å². The summed E-state index contributed by atoms with van der Waals surface area (Å²) < 4.78 is 11.1. The van der Waals surface area contributed by atoms with Crippen LogP contribution in [0.3, 0.4) is 0 Å². The van der Waals surface area contributed by atoms with Gasteiger partial charge in [-0.2, -0.15) is 0 Å². The van der Waals surface area contributed by atoms with Crippen LogP contribution in [-0.2, 0) is 6.42 Å². The lowest BCUT2D eigenvalue weighted by atomic mass is 10.0. The Morgan fingerprint density at radius 3 is 2.47 bits per heavy atom. The molecular formula is C25H45N5O2. The van der Waals surface area contributed by atoms with Crippen LogP contribution in [0.5, 0.6) is 11.5 Å². The van der Waals surface area contributed by atoms with Crippen molar-refractivity contribution in [1.82, 2.24) is 20.4 Å². The predicted molar refractivity (Wildman–Crippen MR) is 134 cm³/mol. The highest BCUT2D eigenvalue weighted by atomic mass is 16.5. The number of rotatable bonds is 12. The number of hydrogen-bond acceptors (Lipinski definition) is 5. The molecule has 0 radical (unpaired) electrons. The second-order valence-corrected chi connectivity index (χ2v) is 8.82. The molecule has 1 fully saturated rings. The van der Waals surface area contributed by atoms with Gasteiger partial charge in [-0.3, -0.25) is 9.89 Å². The minimum atomic E-state index is 0.482. The van der Waals surface area contributed by atoms with Gasteiger partial charge in [-0.25, -0.2) is 0 Å². The molecule has 0 amide bonds. The first kappa shape index (κ1) is 26.3. The van der Waals surface area contributed by atoms with Gasteiger partial charge in [0.2, 0.25) is 0 Å². The molecule has 1 saturated heterocycles. The molecule has 32 heavy (non-hydrogen) atoms. The van der Waals surface area contributed by atoms with E-state index in [9.17, 15) is 0 Å². The normalized spacial score (nSPS) is 16.8. The maximum Gasteiger partial charge on any atom is 0.191 e. The van der Waals surface area contributed by atoms with E-state index in [0.717, 1.165) is 76.1 Å². The standard InChI is InChI=1S/C25H45N5O2/c1-7-26-25(28-19-22(20(3)4)30-16-14-29(5)15-17-30)27-13-9-10-21-11-12-23(31-6)24(18-21)32-8-2/h11-12,18,20,22H,7-10,13-17,19H2,1-6H3,(H2,26,27,28). The number of benzene rings is 1. The fraction of sp³-hybridized carbons (Fsp3) is 0.720. The van der Waals surface area contributed by atoms with Crippen LogP contribution in [0.15, 0.2) is 23.2 Å². The minimum absolute atomic E-state index is 0.482. The second kappa shape index (κ2) is 14.2. The molecule has 2 N–H and O–H groups in total. The van der Waals surface area contributed by atoms with Crippen molar-refractivity contribution < 1.29 is 9.47 Å². The van der Waals surface area contributed by atoms with E-state index in [-0.39, 0.29) is 0 Å². The molecule has 0 aromatic heterocycles. The Labute approximate surface area is 195 Å². The van der Waals surface area contributed by atoms with Crippen molar-refractivity contribution in [2.24, 2.45) is 10.9 Å².